The lowest BCUT2D eigenvalue weighted by molar-refractivity contribution is -0.122. The maximum absolute atomic E-state index is 13.2. The van der Waals surface area contributed by atoms with Crippen molar-refractivity contribution >= 4 is 33.4 Å². The number of fused-ring (bicyclic) bond motifs is 2. The first kappa shape index (κ1) is 26.9. The number of carbonyl (C=O) groups excluding carboxylic acids is 2. The second kappa shape index (κ2) is 12.5. The fraction of sp³-hybridized carbons (Fsp3) is 0.481. The van der Waals surface area contributed by atoms with E-state index >= 15 is 0 Å². The molecule has 11 nitrogen and oxygen atoms in total. The van der Waals surface area contributed by atoms with Crippen molar-refractivity contribution in [2.24, 2.45) is 0 Å². The number of amides is 2. The van der Waals surface area contributed by atoms with Gasteiger partial charge in [-0.25, -0.2) is 4.79 Å². The van der Waals surface area contributed by atoms with Crippen molar-refractivity contribution in [3.63, 3.8) is 0 Å². The molecule has 2 aromatic heterocycles. The Morgan fingerprint density at radius 2 is 1.87 bits per heavy atom. The van der Waals surface area contributed by atoms with Crippen molar-refractivity contribution in [3.05, 3.63) is 56.0 Å². The molecule has 2 N–H and O–H groups in total. The van der Waals surface area contributed by atoms with Crippen LogP contribution in [0.25, 0.3) is 10.2 Å². The molecule has 3 aromatic rings. The van der Waals surface area contributed by atoms with Crippen LogP contribution in [-0.2, 0) is 34.0 Å². The van der Waals surface area contributed by atoms with Gasteiger partial charge < -0.3 is 24.8 Å². The summed E-state index contributed by atoms with van der Waals surface area (Å²) in [5, 5.41) is 7.48. The number of rotatable bonds is 12. The molecule has 1 saturated heterocycles. The van der Waals surface area contributed by atoms with Gasteiger partial charge in [-0.1, -0.05) is 12.5 Å². The van der Waals surface area contributed by atoms with Crippen LogP contribution >= 0.6 is 11.3 Å². The van der Waals surface area contributed by atoms with Crippen molar-refractivity contribution in [1.82, 2.24) is 19.8 Å². The summed E-state index contributed by atoms with van der Waals surface area (Å²) < 4.78 is 19.2. The topological polar surface area (TPSA) is 130 Å². The van der Waals surface area contributed by atoms with Gasteiger partial charge >= 0.3 is 5.69 Å². The minimum absolute atomic E-state index is 0.00606. The van der Waals surface area contributed by atoms with Crippen LogP contribution in [0.4, 0.5) is 0 Å². The normalized spacial score (nSPS) is 16.1. The van der Waals surface area contributed by atoms with Crippen LogP contribution < -0.4 is 31.4 Å². The summed E-state index contributed by atoms with van der Waals surface area (Å²) in [6.07, 6.45) is 4.10. The zero-order chi connectivity index (χ0) is 27.2. The molecule has 0 unspecified atom stereocenters. The van der Waals surface area contributed by atoms with E-state index in [1.54, 1.807) is 11.4 Å². The number of unbranched alkanes of at least 4 members (excludes halogenated alkanes) is 2. The second-order valence-corrected chi connectivity index (χ2v) is 10.6. The Kier molecular flexibility index (Phi) is 8.62. The van der Waals surface area contributed by atoms with E-state index < -0.39 is 5.69 Å². The summed E-state index contributed by atoms with van der Waals surface area (Å²) in [7, 11) is 0. The van der Waals surface area contributed by atoms with Gasteiger partial charge in [0.1, 0.15) is 11.2 Å². The van der Waals surface area contributed by atoms with Crippen molar-refractivity contribution in [1.29, 1.82) is 0 Å². The zero-order valence-corrected chi connectivity index (χ0v) is 22.4. The molecule has 2 aliphatic rings. The van der Waals surface area contributed by atoms with Gasteiger partial charge in [-0.2, -0.15) is 0 Å². The fourth-order valence-electron chi connectivity index (χ4n) is 4.79. The number of hydrogen-bond donors (Lipinski definition) is 2. The predicted octanol–water partition coefficient (Wildman–Crippen LogP) is 2.13. The molecule has 2 aliphatic heterocycles. The molecule has 4 heterocycles. The first-order chi connectivity index (χ1) is 19.0. The van der Waals surface area contributed by atoms with Crippen LogP contribution in [0.2, 0.25) is 0 Å². The molecule has 0 spiro atoms. The quantitative estimate of drug-likeness (QED) is 0.327. The molecule has 0 aliphatic carbocycles. The number of carbonyl (C=O) groups is 2. The summed E-state index contributed by atoms with van der Waals surface area (Å²) in [6, 6.07) is 7.26. The van der Waals surface area contributed by atoms with Gasteiger partial charge in [0.25, 0.3) is 5.56 Å². The Morgan fingerprint density at radius 1 is 1.00 bits per heavy atom. The maximum atomic E-state index is 13.2. The predicted molar refractivity (Wildman–Crippen MR) is 145 cm³/mol. The summed E-state index contributed by atoms with van der Waals surface area (Å²) in [5.74, 6) is 1.02. The molecule has 1 aromatic carbocycles. The van der Waals surface area contributed by atoms with Crippen LogP contribution in [0.1, 0.15) is 44.1 Å². The monoisotopic (exact) mass is 556 g/mol. The highest BCUT2D eigenvalue weighted by Gasteiger charge is 2.19. The van der Waals surface area contributed by atoms with Crippen molar-refractivity contribution in [3.8, 4) is 11.5 Å². The van der Waals surface area contributed by atoms with Crippen molar-refractivity contribution < 1.29 is 23.8 Å². The van der Waals surface area contributed by atoms with Gasteiger partial charge in [-0.3, -0.25) is 23.5 Å². The Labute approximate surface area is 228 Å². The van der Waals surface area contributed by atoms with E-state index in [0.717, 1.165) is 18.4 Å². The first-order valence-electron chi connectivity index (χ1n) is 13.2. The van der Waals surface area contributed by atoms with E-state index in [4.69, 9.17) is 14.2 Å². The lowest BCUT2D eigenvalue weighted by Gasteiger charge is -2.14. The minimum Gasteiger partial charge on any atom is -0.454 e. The smallest absolute Gasteiger partial charge is 0.332 e. The van der Waals surface area contributed by atoms with Gasteiger partial charge in [0.2, 0.25) is 18.6 Å². The third-order valence-electron chi connectivity index (χ3n) is 6.90. The SMILES string of the molecule is O=C(CCCCCn1c(=O)c2sccc2n(CC(=O)NC[C@H]2CCCO2)c1=O)NCc1ccc2c(c1)OCO2. The average molecular weight is 557 g/mol. The van der Waals surface area contributed by atoms with Gasteiger partial charge in [0.15, 0.2) is 11.5 Å². The molecular formula is C27H32N4O7S. The van der Waals surface area contributed by atoms with Crippen LogP contribution in [0.15, 0.2) is 39.2 Å². The van der Waals surface area contributed by atoms with Gasteiger partial charge in [-0.05, 0) is 54.8 Å². The molecule has 12 heteroatoms. The zero-order valence-electron chi connectivity index (χ0n) is 21.6. The van der Waals surface area contributed by atoms with E-state index in [1.807, 2.05) is 18.2 Å². The summed E-state index contributed by atoms with van der Waals surface area (Å²) in [6.45, 7) is 1.77. The number of ether oxygens (including phenoxy) is 3. The van der Waals surface area contributed by atoms with Crippen LogP contribution in [-0.4, -0.2) is 47.0 Å². The molecular weight excluding hydrogens is 524 g/mol. The highest BCUT2D eigenvalue weighted by Crippen LogP contribution is 2.32. The number of nitrogens with zero attached hydrogens (tertiary/aromatic N) is 2. The largest absolute Gasteiger partial charge is 0.454 e. The maximum Gasteiger partial charge on any atom is 0.332 e. The van der Waals surface area contributed by atoms with Gasteiger partial charge in [0.05, 0.1) is 11.6 Å². The molecule has 1 atom stereocenters. The second-order valence-electron chi connectivity index (χ2n) is 9.67. The molecule has 0 radical (unpaired) electrons. The number of nitrogens with one attached hydrogen (secondary N) is 2. The first-order valence-corrected chi connectivity index (χ1v) is 14.1. The highest BCUT2D eigenvalue weighted by molar-refractivity contribution is 7.17. The van der Waals surface area contributed by atoms with Crippen molar-refractivity contribution in [2.45, 2.75) is 64.3 Å². The summed E-state index contributed by atoms with van der Waals surface area (Å²) >= 11 is 1.26. The van der Waals surface area contributed by atoms with Crippen LogP contribution in [0, 0.1) is 0 Å². The highest BCUT2D eigenvalue weighted by atomic mass is 32.1. The fourth-order valence-corrected chi connectivity index (χ4v) is 5.63. The summed E-state index contributed by atoms with van der Waals surface area (Å²) in [4.78, 5) is 51.0. The Morgan fingerprint density at radius 3 is 2.72 bits per heavy atom. The van der Waals surface area contributed by atoms with Crippen LogP contribution in [0.5, 0.6) is 11.5 Å². The number of hydrogen-bond acceptors (Lipinski definition) is 8. The third-order valence-corrected chi connectivity index (χ3v) is 7.79. The molecule has 1 fully saturated rings. The standard InChI is InChI=1S/C27H32N4O7S/c32-23(28-14-18-7-8-21-22(13-18)38-17-37-21)6-2-1-3-10-30-26(34)25-20(9-12-39-25)31(27(30)35)16-24(33)29-15-19-5-4-11-36-19/h7-9,12-13,19H,1-6,10-11,14-17H2,(H,28,32)(H,29,33)/t19-/m1/s1. The van der Waals surface area contributed by atoms with E-state index in [2.05, 4.69) is 10.6 Å². The molecule has 2 amide bonds. The molecule has 5 rings (SSSR count). The van der Waals surface area contributed by atoms with Crippen LogP contribution in [0.3, 0.4) is 0 Å². The lowest BCUT2D eigenvalue weighted by Crippen LogP contribution is -2.43. The summed E-state index contributed by atoms with van der Waals surface area (Å²) in [5.41, 5.74) is 0.549. The third kappa shape index (κ3) is 6.51. The van der Waals surface area contributed by atoms with E-state index in [0.29, 0.717) is 67.1 Å². The minimum atomic E-state index is -0.500. The molecule has 208 valence electrons. The van der Waals surface area contributed by atoms with Crippen molar-refractivity contribution in [2.75, 3.05) is 19.9 Å². The molecule has 39 heavy (non-hydrogen) atoms. The number of aromatic nitrogens is 2. The van der Waals surface area contributed by atoms with E-state index in [-0.39, 0.29) is 43.4 Å². The lowest BCUT2D eigenvalue weighted by atomic mass is 10.1. The Hall–Kier alpha value is -3.64. The Bertz CT molecular complexity index is 1450. The molecule has 0 saturated carbocycles. The number of thiophene rings is 1. The van der Waals surface area contributed by atoms with Gasteiger partial charge in [-0.15, -0.1) is 11.3 Å². The number of benzene rings is 1. The van der Waals surface area contributed by atoms with Gasteiger partial charge in [0, 0.05) is 32.7 Å². The Balaban J connectivity index is 1.11. The van der Waals surface area contributed by atoms with E-state index in [9.17, 15) is 19.2 Å². The average Bonchev–Trinajstić information content (AvgIpc) is 3.72. The molecule has 0 bridgehead atoms. The van der Waals surface area contributed by atoms with E-state index in [1.165, 1.54) is 20.5 Å².